The van der Waals surface area contributed by atoms with E-state index in [1.165, 1.54) is 6.07 Å². The van der Waals surface area contributed by atoms with E-state index in [4.69, 9.17) is 0 Å². The Hall–Kier alpha value is -1.01. The van der Waals surface area contributed by atoms with Gasteiger partial charge in [0, 0.05) is 6.54 Å². The van der Waals surface area contributed by atoms with Crippen molar-refractivity contribution in [2.24, 2.45) is 0 Å². The van der Waals surface area contributed by atoms with Gasteiger partial charge in [0.1, 0.15) is 0 Å². The maximum atomic E-state index is 13.2. The highest BCUT2D eigenvalue weighted by Crippen LogP contribution is 2.25. The minimum Gasteiger partial charge on any atom is -0.403 e. The van der Waals surface area contributed by atoms with E-state index in [1.54, 1.807) is 0 Å². The van der Waals surface area contributed by atoms with Crippen LogP contribution in [0.5, 0.6) is 5.75 Å². The van der Waals surface area contributed by atoms with Crippen molar-refractivity contribution in [3.8, 4) is 5.75 Å². The average Bonchev–Trinajstić information content (AvgIpc) is 2.17. The third-order valence-corrected chi connectivity index (χ3v) is 1.80. The molecule has 1 aromatic rings. The molecule has 0 saturated heterocycles. The summed E-state index contributed by atoms with van der Waals surface area (Å²) in [4.78, 5) is 0. The van der Waals surface area contributed by atoms with E-state index in [1.807, 2.05) is 6.92 Å². The number of nitrogens with one attached hydrogen (secondary N) is 1. The van der Waals surface area contributed by atoms with E-state index in [-0.39, 0.29) is 12.4 Å². The van der Waals surface area contributed by atoms with Crippen molar-refractivity contribution in [1.29, 1.82) is 0 Å². The molecular formula is C10H12ClF4NO. The molecule has 1 aromatic carbocycles. The fourth-order valence-electron chi connectivity index (χ4n) is 1.13. The van der Waals surface area contributed by atoms with Crippen molar-refractivity contribution in [2.45, 2.75) is 19.8 Å². The molecule has 17 heavy (non-hydrogen) atoms. The van der Waals surface area contributed by atoms with Gasteiger partial charge >= 0.3 is 6.36 Å². The topological polar surface area (TPSA) is 21.3 Å². The molecule has 0 heterocycles. The van der Waals surface area contributed by atoms with Crippen LogP contribution in [-0.2, 0) is 6.54 Å². The maximum Gasteiger partial charge on any atom is 0.573 e. The van der Waals surface area contributed by atoms with Crippen LogP contribution in [-0.4, -0.2) is 12.9 Å². The van der Waals surface area contributed by atoms with Crippen molar-refractivity contribution in [1.82, 2.24) is 5.32 Å². The second kappa shape index (κ2) is 6.66. The van der Waals surface area contributed by atoms with Gasteiger partial charge in [-0.15, -0.1) is 25.6 Å². The van der Waals surface area contributed by atoms with Crippen LogP contribution >= 0.6 is 12.4 Å². The van der Waals surface area contributed by atoms with Crippen LogP contribution in [0.25, 0.3) is 0 Å². The predicted molar refractivity (Wildman–Crippen MR) is 57.7 cm³/mol. The first-order valence-electron chi connectivity index (χ1n) is 4.67. The summed E-state index contributed by atoms with van der Waals surface area (Å²) in [6.07, 6.45) is -4.87. The van der Waals surface area contributed by atoms with Gasteiger partial charge in [0.15, 0.2) is 11.6 Å². The highest BCUT2D eigenvalue weighted by Gasteiger charge is 2.32. The molecular weight excluding hydrogens is 262 g/mol. The number of halogens is 5. The summed E-state index contributed by atoms with van der Waals surface area (Å²) in [5.74, 6) is -1.83. The largest absolute Gasteiger partial charge is 0.573 e. The van der Waals surface area contributed by atoms with Gasteiger partial charge in [-0.2, -0.15) is 0 Å². The molecule has 0 radical (unpaired) electrons. The van der Waals surface area contributed by atoms with Gasteiger partial charge in [-0.1, -0.05) is 13.0 Å². The second-order valence-corrected chi connectivity index (χ2v) is 3.09. The van der Waals surface area contributed by atoms with E-state index >= 15 is 0 Å². The first-order valence-corrected chi connectivity index (χ1v) is 4.67. The Morgan fingerprint density at radius 3 is 2.41 bits per heavy atom. The predicted octanol–water partition coefficient (Wildman–Crippen LogP) is 3.26. The van der Waals surface area contributed by atoms with E-state index in [9.17, 15) is 17.6 Å². The molecule has 0 saturated carbocycles. The molecule has 7 heteroatoms. The normalized spacial score (nSPS) is 10.9. The number of ether oxygens (including phenoxy) is 1. The summed E-state index contributed by atoms with van der Waals surface area (Å²) in [6.45, 7) is 2.97. The van der Waals surface area contributed by atoms with Crippen LogP contribution in [0.4, 0.5) is 17.6 Å². The zero-order valence-corrected chi connectivity index (χ0v) is 9.79. The van der Waals surface area contributed by atoms with E-state index in [0.717, 1.165) is 12.1 Å². The maximum absolute atomic E-state index is 13.2. The van der Waals surface area contributed by atoms with Gasteiger partial charge in [0.25, 0.3) is 0 Å². The van der Waals surface area contributed by atoms with Gasteiger partial charge in [0.2, 0.25) is 0 Å². The van der Waals surface area contributed by atoms with Crippen LogP contribution in [0.3, 0.4) is 0 Å². The van der Waals surface area contributed by atoms with Gasteiger partial charge in [-0.25, -0.2) is 4.39 Å². The lowest BCUT2D eigenvalue weighted by Crippen LogP contribution is -2.18. The summed E-state index contributed by atoms with van der Waals surface area (Å²) in [7, 11) is 0. The summed E-state index contributed by atoms with van der Waals surface area (Å²) in [5, 5.41) is 2.93. The van der Waals surface area contributed by atoms with Gasteiger partial charge in [0.05, 0.1) is 0 Å². The molecule has 1 rings (SSSR count). The Morgan fingerprint density at radius 1 is 1.29 bits per heavy atom. The fraction of sp³-hybridized carbons (Fsp3) is 0.400. The highest BCUT2D eigenvalue weighted by molar-refractivity contribution is 5.85. The number of benzene rings is 1. The number of hydrogen-bond acceptors (Lipinski definition) is 2. The first kappa shape index (κ1) is 16.0. The van der Waals surface area contributed by atoms with E-state index in [2.05, 4.69) is 10.1 Å². The monoisotopic (exact) mass is 273 g/mol. The zero-order chi connectivity index (χ0) is 12.2. The standard InChI is InChI=1S/C10H11F4NO.ClH/c1-2-15-6-7-3-4-9(8(11)5-7)16-10(12,13)14;/h3-5,15H,2,6H2,1H3;1H. The Morgan fingerprint density at radius 2 is 1.94 bits per heavy atom. The number of rotatable bonds is 4. The van der Waals surface area contributed by atoms with Gasteiger partial charge in [-0.3, -0.25) is 0 Å². The van der Waals surface area contributed by atoms with E-state index < -0.39 is 17.9 Å². The Kier molecular flexibility index (Phi) is 6.26. The molecule has 98 valence electrons. The van der Waals surface area contributed by atoms with Crippen LogP contribution in [0.2, 0.25) is 0 Å². The quantitative estimate of drug-likeness (QED) is 0.850. The third kappa shape index (κ3) is 5.74. The average molecular weight is 274 g/mol. The Bertz CT molecular complexity index is 357. The summed E-state index contributed by atoms with van der Waals surface area (Å²) < 4.78 is 52.1. The minimum atomic E-state index is -4.87. The second-order valence-electron chi connectivity index (χ2n) is 3.09. The fourth-order valence-corrected chi connectivity index (χ4v) is 1.13. The Labute approximate surface area is 102 Å². The van der Waals surface area contributed by atoms with Crippen molar-refractivity contribution >= 4 is 12.4 Å². The first-order chi connectivity index (χ1) is 7.42. The van der Waals surface area contributed by atoms with Crippen LogP contribution in [0.1, 0.15) is 12.5 Å². The summed E-state index contributed by atoms with van der Waals surface area (Å²) >= 11 is 0. The van der Waals surface area contributed by atoms with Crippen molar-refractivity contribution in [2.75, 3.05) is 6.54 Å². The Balaban J connectivity index is 0.00000256. The number of hydrogen-bond donors (Lipinski definition) is 1. The molecule has 0 aliphatic rings. The van der Waals surface area contributed by atoms with Crippen molar-refractivity contribution in [3.05, 3.63) is 29.6 Å². The van der Waals surface area contributed by atoms with E-state index in [0.29, 0.717) is 18.7 Å². The highest BCUT2D eigenvalue weighted by atomic mass is 35.5. The van der Waals surface area contributed by atoms with Gasteiger partial charge < -0.3 is 10.1 Å². The zero-order valence-electron chi connectivity index (χ0n) is 8.97. The van der Waals surface area contributed by atoms with Crippen LogP contribution in [0, 0.1) is 5.82 Å². The third-order valence-electron chi connectivity index (χ3n) is 1.80. The molecule has 0 aliphatic heterocycles. The minimum absolute atomic E-state index is 0. The van der Waals surface area contributed by atoms with Crippen LogP contribution < -0.4 is 10.1 Å². The lowest BCUT2D eigenvalue weighted by atomic mass is 10.2. The SMILES string of the molecule is CCNCc1ccc(OC(F)(F)F)c(F)c1.Cl. The molecule has 0 atom stereocenters. The lowest BCUT2D eigenvalue weighted by Gasteiger charge is -2.10. The summed E-state index contributed by atoms with van der Waals surface area (Å²) in [5.41, 5.74) is 0.564. The molecule has 2 nitrogen and oxygen atoms in total. The van der Waals surface area contributed by atoms with Crippen molar-refractivity contribution in [3.63, 3.8) is 0 Å². The van der Waals surface area contributed by atoms with Crippen LogP contribution in [0.15, 0.2) is 18.2 Å². The molecule has 0 unspecified atom stereocenters. The summed E-state index contributed by atoms with van der Waals surface area (Å²) in [6, 6.07) is 3.37. The molecule has 0 aromatic heterocycles. The smallest absolute Gasteiger partial charge is 0.403 e. The lowest BCUT2D eigenvalue weighted by molar-refractivity contribution is -0.275. The molecule has 1 N–H and O–H groups in total. The van der Waals surface area contributed by atoms with Gasteiger partial charge in [-0.05, 0) is 24.2 Å². The molecule has 0 bridgehead atoms. The molecule has 0 aliphatic carbocycles. The molecule has 0 fully saturated rings. The molecule has 0 amide bonds. The van der Waals surface area contributed by atoms with Crippen molar-refractivity contribution < 1.29 is 22.3 Å². The molecule has 0 spiro atoms. The number of alkyl halides is 3.